The summed E-state index contributed by atoms with van der Waals surface area (Å²) in [5.74, 6) is 0.172. The molecule has 1 saturated heterocycles. The topological polar surface area (TPSA) is 173 Å². The quantitative estimate of drug-likeness (QED) is 0.0838. The molecule has 4 aromatic rings. The molecule has 0 bridgehead atoms. The van der Waals surface area contributed by atoms with Gasteiger partial charge in [-0.05, 0) is 30.2 Å². The molecular weight excluding hydrogens is 611 g/mol. The second-order valence-corrected chi connectivity index (χ2v) is 13.7. The summed E-state index contributed by atoms with van der Waals surface area (Å²) in [6.45, 7) is 6.37. The number of nitrogens with zero attached hydrogens (tertiary/aromatic N) is 4. The molecule has 0 amide bonds. The van der Waals surface area contributed by atoms with E-state index in [2.05, 4.69) is 27.0 Å². The number of ether oxygens (including phenoxy) is 2. The van der Waals surface area contributed by atoms with E-state index in [0.29, 0.717) is 23.3 Å². The van der Waals surface area contributed by atoms with Crippen molar-refractivity contribution in [1.29, 1.82) is 0 Å². The lowest BCUT2D eigenvalue weighted by molar-refractivity contribution is -0.146. The van der Waals surface area contributed by atoms with Gasteiger partial charge in [-0.15, -0.1) is 0 Å². The maximum absolute atomic E-state index is 14.5. The van der Waals surface area contributed by atoms with Crippen LogP contribution in [-0.4, -0.2) is 68.2 Å². The third-order valence-corrected chi connectivity index (χ3v) is 9.36. The predicted octanol–water partition coefficient (Wildman–Crippen LogP) is 5.02. The Balaban J connectivity index is 1.32. The van der Waals surface area contributed by atoms with Gasteiger partial charge in [0.2, 0.25) is 0 Å². The van der Waals surface area contributed by atoms with Crippen LogP contribution in [0, 0.1) is 5.92 Å². The van der Waals surface area contributed by atoms with Gasteiger partial charge in [-0.25, -0.2) is 19.5 Å². The monoisotopic (exact) mass is 654 g/mol. The third-order valence-electron chi connectivity index (χ3n) is 7.80. The van der Waals surface area contributed by atoms with Crippen LogP contribution in [0.2, 0.25) is 0 Å². The van der Waals surface area contributed by atoms with Gasteiger partial charge < -0.3 is 29.4 Å². The molecule has 4 N–H and O–H groups in total. The van der Waals surface area contributed by atoms with Crippen molar-refractivity contribution in [3.05, 3.63) is 55.1 Å². The number of carbonyl (C=O) groups excluding carboxylic acids is 1. The van der Waals surface area contributed by atoms with Crippen LogP contribution in [0.3, 0.4) is 0 Å². The molecule has 0 radical (unpaired) electrons. The number of rotatable bonds is 16. The first-order chi connectivity index (χ1) is 22.2. The molecule has 1 aliphatic rings. The summed E-state index contributed by atoms with van der Waals surface area (Å²) in [5, 5.41) is 15.4. The van der Waals surface area contributed by atoms with Crippen molar-refractivity contribution in [2.45, 2.75) is 83.8 Å². The average molecular weight is 655 g/mol. The summed E-state index contributed by atoms with van der Waals surface area (Å²) < 4.78 is 40.1. The first-order valence-electron chi connectivity index (χ1n) is 15.8. The molecule has 14 heteroatoms. The molecule has 1 fully saturated rings. The molecule has 2 aromatic carbocycles. The van der Waals surface area contributed by atoms with Crippen LogP contribution < -0.4 is 15.3 Å². The average Bonchev–Trinajstić information content (AvgIpc) is 3.61. The van der Waals surface area contributed by atoms with E-state index in [0.717, 1.165) is 30.0 Å². The highest BCUT2D eigenvalue weighted by Gasteiger charge is 2.39. The Labute approximate surface area is 268 Å². The standard InChI is InChI=1S/C32H43N6O7P/c1-4-5-8-14-42-32(40)25(15-21(2)3)37-46(41,45-27-13-9-11-22-10-6-7-12-24(22)27)43-18-23-16-26(39)28(44-23)17-38-20-36-29-30(33)34-19-35-31(29)38/h6-7,9-13,19-21,23,25-26,28,39H,4-5,8,14-18H2,1-3H3,(H,37,41)(H2,33,34,35)/t23-,25-,26-,28-,46?/m0/s1. The van der Waals surface area contributed by atoms with E-state index in [4.69, 9.17) is 24.3 Å². The fraction of sp³-hybridized carbons (Fsp3) is 0.500. The largest absolute Gasteiger partial charge is 0.465 e. The van der Waals surface area contributed by atoms with Crippen LogP contribution in [0.15, 0.2) is 55.1 Å². The number of aromatic nitrogens is 4. The Hall–Kier alpha value is -3.61. The minimum Gasteiger partial charge on any atom is -0.465 e. The van der Waals surface area contributed by atoms with Crippen molar-refractivity contribution < 1.29 is 33.0 Å². The minimum absolute atomic E-state index is 0.0839. The van der Waals surface area contributed by atoms with Gasteiger partial charge in [-0.1, -0.05) is 70.0 Å². The van der Waals surface area contributed by atoms with Crippen molar-refractivity contribution in [3.8, 4) is 5.75 Å². The maximum Gasteiger partial charge on any atom is 0.459 e. The number of fused-ring (bicyclic) bond motifs is 2. The summed E-state index contributed by atoms with van der Waals surface area (Å²) in [7, 11) is -4.20. The molecule has 3 heterocycles. The Morgan fingerprint density at radius 1 is 1.17 bits per heavy atom. The van der Waals surface area contributed by atoms with Gasteiger partial charge in [-0.3, -0.25) is 9.32 Å². The predicted molar refractivity (Wildman–Crippen MR) is 174 cm³/mol. The van der Waals surface area contributed by atoms with E-state index in [-0.39, 0.29) is 37.9 Å². The summed E-state index contributed by atoms with van der Waals surface area (Å²) in [6.07, 6.45) is 4.14. The van der Waals surface area contributed by atoms with Crippen LogP contribution in [0.4, 0.5) is 5.82 Å². The van der Waals surface area contributed by atoms with Crippen LogP contribution in [0.1, 0.15) is 52.9 Å². The number of esters is 1. The number of nitrogens with one attached hydrogen (secondary N) is 1. The van der Waals surface area contributed by atoms with Gasteiger partial charge in [0.1, 0.15) is 29.7 Å². The summed E-state index contributed by atoms with van der Waals surface area (Å²) in [4.78, 5) is 25.7. The number of nitrogens with two attached hydrogens (primary N) is 1. The number of nitrogen functional groups attached to an aromatic ring is 1. The number of carbonyl (C=O) groups is 1. The molecule has 13 nitrogen and oxygen atoms in total. The van der Waals surface area contributed by atoms with Gasteiger partial charge in [-0.2, -0.15) is 5.09 Å². The Bertz CT molecular complexity index is 1660. The zero-order valence-corrected chi connectivity index (χ0v) is 27.3. The molecule has 5 atom stereocenters. The van der Waals surface area contributed by atoms with Gasteiger partial charge >= 0.3 is 13.7 Å². The molecule has 46 heavy (non-hydrogen) atoms. The minimum atomic E-state index is -4.20. The molecule has 1 unspecified atom stereocenters. The van der Waals surface area contributed by atoms with Gasteiger partial charge in [0.25, 0.3) is 0 Å². The number of imidazole rings is 1. The third kappa shape index (κ3) is 8.40. The fourth-order valence-electron chi connectivity index (χ4n) is 5.48. The number of benzene rings is 2. The molecule has 0 saturated carbocycles. The van der Waals surface area contributed by atoms with E-state index in [9.17, 15) is 14.5 Å². The number of anilines is 1. The number of aliphatic hydroxyl groups excluding tert-OH is 1. The highest BCUT2D eigenvalue weighted by atomic mass is 31.2. The molecule has 2 aromatic heterocycles. The van der Waals surface area contributed by atoms with E-state index < -0.39 is 38.1 Å². The van der Waals surface area contributed by atoms with Crippen molar-refractivity contribution in [2.75, 3.05) is 18.9 Å². The molecule has 5 rings (SSSR count). The van der Waals surface area contributed by atoms with Crippen LogP contribution in [-0.2, 0) is 29.9 Å². The van der Waals surface area contributed by atoms with Gasteiger partial charge in [0.15, 0.2) is 11.5 Å². The van der Waals surface area contributed by atoms with Crippen molar-refractivity contribution >= 4 is 41.5 Å². The van der Waals surface area contributed by atoms with Crippen LogP contribution in [0.25, 0.3) is 21.9 Å². The number of hydrogen-bond acceptors (Lipinski definition) is 11. The molecule has 0 aliphatic carbocycles. The number of aliphatic hydroxyl groups is 1. The van der Waals surface area contributed by atoms with E-state index in [1.54, 1.807) is 23.0 Å². The van der Waals surface area contributed by atoms with Crippen LogP contribution in [0.5, 0.6) is 5.75 Å². The summed E-state index contributed by atoms with van der Waals surface area (Å²) in [5.41, 5.74) is 6.90. The zero-order valence-electron chi connectivity index (χ0n) is 26.4. The van der Waals surface area contributed by atoms with Crippen molar-refractivity contribution in [2.24, 2.45) is 5.92 Å². The van der Waals surface area contributed by atoms with Gasteiger partial charge in [0.05, 0.1) is 38.3 Å². The SMILES string of the molecule is CCCCCOC(=O)[C@H](CC(C)C)NP(=O)(OC[C@@H]1C[C@H](O)[C@H](Cn2cnc3c(N)ncnc32)O1)Oc1cccc2ccccc12. The number of unbranched alkanes of at least 4 members (excludes halogenated alkanes) is 2. The highest BCUT2D eigenvalue weighted by Crippen LogP contribution is 2.48. The summed E-state index contributed by atoms with van der Waals surface area (Å²) in [6, 6.07) is 12.1. The Morgan fingerprint density at radius 3 is 2.78 bits per heavy atom. The first kappa shape index (κ1) is 33.7. The Kier molecular flexibility index (Phi) is 11.2. The second-order valence-electron chi connectivity index (χ2n) is 12.0. The molecule has 0 spiro atoms. The van der Waals surface area contributed by atoms with E-state index in [1.165, 1.54) is 6.33 Å². The lowest BCUT2D eigenvalue weighted by Crippen LogP contribution is -2.39. The normalized spacial score (nSPS) is 20.2. The molecule has 1 aliphatic heterocycles. The Morgan fingerprint density at radius 2 is 1.98 bits per heavy atom. The smallest absolute Gasteiger partial charge is 0.459 e. The summed E-state index contributed by atoms with van der Waals surface area (Å²) >= 11 is 0. The maximum atomic E-state index is 14.5. The molecular formula is C32H43N6O7P. The van der Waals surface area contributed by atoms with E-state index in [1.807, 2.05) is 44.2 Å². The highest BCUT2D eigenvalue weighted by molar-refractivity contribution is 7.52. The van der Waals surface area contributed by atoms with Gasteiger partial charge in [0, 0.05) is 11.8 Å². The fourth-order valence-corrected chi connectivity index (χ4v) is 7.03. The van der Waals surface area contributed by atoms with Crippen molar-refractivity contribution in [1.82, 2.24) is 24.6 Å². The lowest BCUT2D eigenvalue weighted by atomic mass is 10.1. The van der Waals surface area contributed by atoms with E-state index >= 15 is 0 Å². The van der Waals surface area contributed by atoms with Crippen molar-refractivity contribution in [3.63, 3.8) is 0 Å². The van der Waals surface area contributed by atoms with Crippen LogP contribution >= 0.6 is 7.75 Å². The first-order valence-corrected chi connectivity index (χ1v) is 17.3. The lowest BCUT2D eigenvalue weighted by Gasteiger charge is -2.27. The zero-order chi connectivity index (χ0) is 32.7. The second kappa shape index (κ2) is 15.3. The molecule has 248 valence electrons. The number of hydrogen-bond donors (Lipinski definition) is 3.